The minimum absolute atomic E-state index is 0.296. The van der Waals surface area contributed by atoms with Gasteiger partial charge in [-0.05, 0) is 54.5 Å². The van der Waals surface area contributed by atoms with E-state index in [4.69, 9.17) is 4.42 Å². The molecule has 0 saturated carbocycles. The van der Waals surface area contributed by atoms with E-state index in [1.54, 1.807) is 17.8 Å². The summed E-state index contributed by atoms with van der Waals surface area (Å²) in [5.74, 6) is 2.19. The summed E-state index contributed by atoms with van der Waals surface area (Å²) in [5.41, 5.74) is 3.82. The normalized spacial score (nSPS) is 14.5. The van der Waals surface area contributed by atoms with Crippen LogP contribution in [0.15, 0.2) is 32.6 Å². The summed E-state index contributed by atoms with van der Waals surface area (Å²) < 4.78 is 7.71. The first kappa shape index (κ1) is 18.3. The van der Waals surface area contributed by atoms with Gasteiger partial charge >= 0.3 is 5.63 Å². The highest BCUT2D eigenvalue weighted by Gasteiger charge is 2.16. The monoisotopic (exact) mass is 383 g/mol. The van der Waals surface area contributed by atoms with Crippen LogP contribution in [0.4, 0.5) is 0 Å². The number of aromatic nitrogens is 3. The Bertz CT molecular complexity index is 1040. The Kier molecular flexibility index (Phi) is 5.08. The van der Waals surface area contributed by atoms with Gasteiger partial charge in [-0.1, -0.05) is 32.0 Å². The third kappa shape index (κ3) is 3.68. The van der Waals surface area contributed by atoms with Gasteiger partial charge < -0.3 is 8.98 Å². The van der Waals surface area contributed by atoms with Gasteiger partial charge in [0.1, 0.15) is 11.4 Å². The highest BCUT2D eigenvalue weighted by Crippen LogP contribution is 2.30. The van der Waals surface area contributed by atoms with Crippen LogP contribution in [-0.4, -0.2) is 14.8 Å². The maximum Gasteiger partial charge on any atom is 0.336 e. The van der Waals surface area contributed by atoms with E-state index in [-0.39, 0.29) is 5.63 Å². The zero-order valence-corrected chi connectivity index (χ0v) is 16.9. The standard InChI is InChI=1S/C21H25N3O2S/c1-13(2)16-11-17-15(10-20(25)26-18(17)9-14(16)3)12-27-21-23-22-19-7-5-4-6-8-24(19)21/h9-11,13H,4-8,12H2,1-3H3. The zero-order chi connectivity index (χ0) is 19.0. The first-order valence-corrected chi connectivity index (χ1v) is 10.6. The highest BCUT2D eigenvalue weighted by atomic mass is 32.2. The topological polar surface area (TPSA) is 60.9 Å². The van der Waals surface area contributed by atoms with Gasteiger partial charge in [-0.3, -0.25) is 0 Å². The van der Waals surface area contributed by atoms with E-state index in [1.807, 2.05) is 6.07 Å². The van der Waals surface area contributed by atoms with Crippen LogP contribution in [0.3, 0.4) is 0 Å². The van der Waals surface area contributed by atoms with Crippen LogP contribution in [0.1, 0.15) is 61.5 Å². The third-order valence-electron chi connectivity index (χ3n) is 5.27. The molecule has 1 aliphatic heterocycles. The molecule has 0 bridgehead atoms. The molecule has 5 nitrogen and oxygen atoms in total. The van der Waals surface area contributed by atoms with Crippen molar-refractivity contribution in [2.45, 2.75) is 69.8 Å². The Morgan fingerprint density at radius 1 is 1.19 bits per heavy atom. The molecule has 3 heterocycles. The molecule has 142 valence electrons. The molecule has 2 aromatic heterocycles. The fourth-order valence-corrected chi connectivity index (χ4v) is 4.81. The van der Waals surface area contributed by atoms with E-state index in [0.717, 1.165) is 40.5 Å². The van der Waals surface area contributed by atoms with Crippen molar-refractivity contribution in [3.8, 4) is 0 Å². The van der Waals surface area contributed by atoms with E-state index >= 15 is 0 Å². The molecule has 27 heavy (non-hydrogen) atoms. The molecule has 1 aliphatic rings. The molecule has 1 aromatic carbocycles. The Morgan fingerprint density at radius 2 is 2.04 bits per heavy atom. The Morgan fingerprint density at radius 3 is 2.85 bits per heavy atom. The number of aryl methyl sites for hydroxylation is 2. The minimum Gasteiger partial charge on any atom is -0.423 e. The molecular weight excluding hydrogens is 358 g/mol. The summed E-state index contributed by atoms with van der Waals surface area (Å²) in [7, 11) is 0. The zero-order valence-electron chi connectivity index (χ0n) is 16.1. The Labute approximate surface area is 163 Å². The van der Waals surface area contributed by atoms with Crippen molar-refractivity contribution in [2.24, 2.45) is 0 Å². The van der Waals surface area contributed by atoms with Crippen LogP contribution in [0.25, 0.3) is 11.0 Å². The van der Waals surface area contributed by atoms with Gasteiger partial charge in [-0.15, -0.1) is 10.2 Å². The van der Waals surface area contributed by atoms with Crippen molar-refractivity contribution >= 4 is 22.7 Å². The molecule has 0 fully saturated rings. The number of fused-ring (bicyclic) bond motifs is 2. The van der Waals surface area contributed by atoms with Gasteiger partial charge in [-0.2, -0.15) is 0 Å². The first-order chi connectivity index (χ1) is 13.0. The summed E-state index contributed by atoms with van der Waals surface area (Å²) in [5, 5.41) is 10.7. The van der Waals surface area contributed by atoms with Gasteiger partial charge in [-0.25, -0.2) is 4.79 Å². The average molecular weight is 384 g/mol. The van der Waals surface area contributed by atoms with E-state index < -0.39 is 0 Å². The fraction of sp³-hybridized carbons (Fsp3) is 0.476. The molecule has 6 heteroatoms. The van der Waals surface area contributed by atoms with Crippen molar-refractivity contribution in [2.75, 3.05) is 0 Å². The average Bonchev–Trinajstić information content (AvgIpc) is 2.85. The molecule has 0 N–H and O–H groups in total. The molecule has 0 amide bonds. The number of nitrogens with zero attached hydrogens (tertiary/aromatic N) is 3. The van der Waals surface area contributed by atoms with E-state index in [0.29, 0.717) is 17.3 Å². The SMILES string of the molecule is Cc1cc2oc(=O)cc(CSc3nnc4n3CCCCC4)c2cc1C(C)C. The van der Waals surface area contributed by atoms with E-state index in [1.165, 1.54) is 24.8 Å². The van der Waals surface area contributed by atoms with Gasteiger partial charge in [0.2, 0.25) is 0 Å². The maximum absolute atomic E-state index is 12.1. The van der Waals surface area contributed by atoms with Crippen molar-refractivity contribution in [1.82, 2.24) is 14.8 Å². The van der Waals surface area contributed by atoms with Crippen LogP contribution < -0.4 is 5.63 Å². The molecule has 0 atom stereocenters. The van der Waals surface area contributed by atoms with Crippen molar-refractivity contribution in [3.63, 3.8) is 0 Å². The second-order valence-electron chi connectivity index (χ2n) is 7.60. The summed E-state index contributed by atoms with van der Waals surface area (Å²) in [6.07, 6.45) is 4.61. The lowest BCUT2D eigenvalue weighted by atomic mass is 9.95. The summed E-state index contributed by atoms with van der Waals surface area (Å²) in [6.45, 7) is 7.43. The Balaban J connectivity index is 1.69. The molecule has 0 saturated heterocycles. The minimum atomic E-state index is -0.296. The van der Waals surface area contributed by atoms with E-state index in [9.17, 15) is 4.79 Å². The van der Waals surface area contributed by atoms with Gasteiger partial charge in [0, 0.05) is 30.2 Å². The van der Waals surface area contributed by atoms with Gasteiger partial charge in [0.05, 0.1) is 0 Å². The molecule has 4 rings (SSSR count). The van der Waals surface area contributed by atoms with Gasteiger partial charge in [0.15, 0.2) is 5.16 Å². The van der Waals surface area contributed by atoms with Crippen LogP contribution >= 0.6 is 11.8 Å². The summed E-state index contributed by atoms with van der Waals surface area (Å²) in [4.78, 5) is 12.1. The second kappa shape index (κ2) is 7.50. The molecule has 0 spiro atoms. The maximum atomic E-state index is 12.1. The van der Waals surface area contributed by atoms with Crippen LogP contribution in [-0.2, 0) is 18.7 Å². The second-order valence-corrected chi connectivity index (χ2v) is 8.54. The van der Waals surface area contributed by atoms with Crippen LogP contribution in [0.2, 0.25) is 0 Å². The predicted octanol–water partition coefficient (Wildman–Crippen LogP) is 4.84. The lowest BCUT2D eigenvalue weighted by Crippen LogP contribution is -2.04. The number of benzene rings is 1. The quantitative estimate of drug-likeness (QED) is 0.477. The predicted molar refractivity (Wildman–Crippen MR) is 108 cm³/mol. The number of rotatable bonds is 4. The molecule has 0 aliphatic carbocycles. The number of thioether (sulfide) groups is 1. The van der Waals surface area contributed by atoms with E-state index in [2.05, 4.69) is 41.6 Å². The van der Waals surface area contributed by atoms with Crippen molar-refractivity contribution in [3.05, 3.63) is 51.1 Å². The lowest BCUT2D eigenvalue weighted by molar-refractivity contribution is 0.559. The third-order valence-corrected chi connectivity index (χ3v) is 6.29. The highest BCUT2D eigenvalue weighted by molar-refractivity contribution is 7.98. The Hall–Kier alpha value is -2.08. The largest absolute Gasteiger partial charge is 0.423 e. The number of hydrogen-bond acceptors (Lipinski definition) is 5. The molecular formula is C21H25N3O2S. The van der Waals surface area contributed by atoms with Crippen molar-refractivity contribution < 1.29 is 4.42 Å². The molecule has 3 aromatic rings. The first-order valence-electron chi connectivity index (χ1n) is 9.65. The smallest absolute Gasteiger partial charge is 0.336 e. The van der Waals surface area contributed by atoms with Crippen LogP contribution in [0.5, 0.6) is 0 Å². The number of hydrogen-bond donors (Lipinski definition) is 0. The molecule has 0 radical (unpaired) electrons. The summed E-state index contributed by atoms with van der Waals surface area (Å²) in [6, 6.07) is 5.79. The molecule has 0 unspecified atom stereocenters. The summed E-state index contributed by atoms with van der Waals surface area (Å²) >= 11 is 1.65. The lowest BCUT2D eigenvalue weighted by Gasteiger charge is -2.13. The fourth-order valence-electron chi connectivity index (χ4n) is 3.84. The van der Waals surface area contributed by atoms with Gasteiger partial charge in [0.25, 0.3) is 0 Å². The van der Waals surface area contributed by atoms with Crippen LogP contribution in [0, 0.1) is 6.92 Å². The van der Waals surface area contributed by atoms with Crippen molar-refractivity contribution in [1.29, 1.82) is 0 Å².